The van der Waals surface area contributed by atoms with E-state index in [9.17, 15) is 18.0 Å². The highest BCUT2D eigenvalue weighted by Crippen LogP contribution is 2.28. The molecule has 19 heavy (non-hydrogen) atoms. The fourth-order valence-electron chi connectivity index (χ4n) is 1.37. The fraction of sp³-hybridized carbons (Fsp3) is 0.455. The summed E-state index contributed by atoms with van der Waals surface area (Å²) in [4.78, 5) is 15.4. The SMILES string of the molecule is CCOC(=O)c1nc(CN)cc(OC(F)(F)F)c1C. The number of rotatable bonds is 4. The van der Waals surface area contributed by atoms with Crippen LogP contribution >= 0.6 is 0 Å². The lowest BCUT2D eigenvalue weighted by molar-refractivity contribution is -0.274. The number of carbonyl (C=O) groups excluding carboxylic acids is 1. The second kappa shape index (κ2) is 5.87. The Hall–Kier alpha value is -1.83. The summed E-state index contributed by atoms with van der Waals surface area (Å²) in [6.45, 7) is 2.83. The summed E-state index contributed by atoms with van der Waals surface area (Å²) in [6.07, 6.45) is -4.86. The molecule has 1 aromatic heterocycles. The number of ether oxygens (including phenoxy) is 2. The molecule has 5 nitrogen and oxygen atoms in total. The van der Waals surface area contributed by atoms with Crippen molar-refractivity contribution >= 4 is 5.97 Å². The summed E-state index contributed by atoms with van der Waals surface area (Å²) in [5.74, 6) is -1.33. The van der Waals surface area contributed by atoms with Crippen LogP contribution in [-0.2, 0) is 11.3 Å². The van der Waals surface area contributed by atoms with E-state index in [0.717, 1.165) is 6.07 Å². The monoisotopic (exact) mass is 278 g/mol. The minimum atomic E-state index is -4.86. The second-order valence-corrected chi connectivity index (χ2v) is 3.56. The molecule has 0 atom stereocenters. The minimum absolute atomic E-state index is 0.0482. The fourth-order valence-corrected chi connectivity index (χ4v) is 1.37. The summed E-state index contributed by atoms with van der Waals surface area (Å²) in [6, 6.07) is 1.05. The van der Waals surface area contributed by atoms with Gasteiger partial charge in [-0.25, -0.2) is 9.78 Å². The van der Waals surface area contributed by atoms with Gasteiger partial charge in [0, 0.05) is 18.2 Å². The van der Waals surface area contributed by atoms with Gasteiger partial charge in [0.2, 0.25) is 0 Å². The molecule has 0 aliphatic rings. The lowest BCUT2D eigenvalue weighted by Gasteiger charge is -2.14. The number of hydrogen-bond donors (Lipinski definition) is 1. The van der Waals surface area contributed by atoms with Crippen LogP contribution in [0.1, 0.15) is 28.7 Å². The van der Waals surface area contributed by atoms with Crippen LogP contribution in [0.2, 0.25) is 0 Å². The van der Waals surface area contributed by atoms with Crippen LogP contribution in [0, 0.1) is 6.92 Å². The lowest BCUT2D eigenvalue weighted by Crippen LogP contribution is -2.20. The molecule has 1 rings (SSSR count). The molecule has 1 heterocycles. The molecule has 0 aromatic carbocycles. The van der Waals surface area contributed by atoms with E-state index in [-0.39, 0.29) is 30.1 Å². The summed E-state index contributed by atoms with van der Waals surface area (Å²) in [7, 11) is 0. The molecule has 0 saturated carbocycles. The number of aromatic nitrogens is 1. The number of halogens is 3. The van der Waals surface area contributed by atoms with E-state index in [1.807, 2.05) is 0 Å². The quantitative estimate of drug-likeness (QED) is 0.852. The first kappa shape index (κ1) is 15.2. The van der Waals surface area contributed by atoms with E-state index in [0.29, 0.717) is 0 Å². The maximum Gasteiger partial charge on any atom is 0.573 e. The minimum Gasteiger partial charge on any atom is -0.461 e. The van der Waals surface area contributed by atoms with E-state index < -0.39 is 18.1 Å². The third-order valence-electron chi connectivity index (χ3n) is 2.18. The Kier molecular flexibility index (Phi) is 4.71. The van der Waals surface area contributed by atoms with Crippen LogP contribution in [0.3, 0.4) is 0 Å². The second-order valence-electron chi connectivity index (χ2n) is 3.56. The normalized spacial score (nSPS) is 11.3. The summed E-state index contributed by atoms with van der Waals surface area (Å²) >= 11 is 0. The van der Waals surface area contributed by atoms with Crippen LogP contribution in [0.25, 0.3) is 0 Å². The number of alkyl halides is 3. The number of nitrogens with two attached hydrogens (primary N) is 1. The van der Waals surface area contributed by atoms with Crippen molar-refractivity contribution in [2.45, 2.75) is 26.8 Å². The van der Waals surface area contributed by atoms with Gasteiger partial charge >= 0.3 is 12.3 Å². The van der Waals surface area contributed by atoms with Crippen molar-refractivity contribution in [1.82, 2.24) is 4.98 Å². The summed E-state index contributed by atoms with van der Waals surface area (Å²) in [5.41, 5.74) is 5.15. The Labute approximate surface area is 107 Å². The van der Waals surface area contributed by atoms with Crippen molar-refractivity contribution in [1.29, 1.82) is 0 Å². The molecular formula is C11H13F3N2O3. The third-order valence-corrected chi connectivity index (χ3v) is 2.18. The number of esters is 1. The molecule has 1 aromatic rings. The van der Waals surface area contributed by atoms with Crippen LogP contribution in [0.4, 0.5) is 13.2 Å². The maximum atomic E-state index is 12.2. The van der Waals surface area contributed by atoms with Gasteiger partial charge in [-0.2, -0.15) is 0 Å². The van der Waals surface area contributed by atoms with Crippen LogP contribution in [0.5, 0.6) is 5.75 Å². The van der Waals surface area contributed by atoms with E-state index >= 15 is 0 Å². The van der Waals surface area contributed by atoms with Gasteiger partial charge in [-0.1, -0.05) is 0 Å². The highest BCUT2D eigenvalue weighted by atomic mass is 19.4. The molecule has 0 amide bonds. The van der Waals surface area contributed by atoms with Crippen molar-refractivity contribution in [2.24, 2.45) is 5.73 Å². The third kappa shape index (κ3) is 4.09. The van der Waals surface area contributed by atoms with Gasteiger partial charge in [-0.05, 0) is 13.8 Å². The van der Waals surface area contributed by atoms with Crippen LogP contribution in [0.15, 0.2) is 6.07 Å². The summed E-state index contributed by atoms with van der Waals surface area (Å²) < 4.78 is 45.3. The van der Waals surface area contributed by atoms with Crippen molar-refractivity contribution < 1.29 is 27.4 Å². The molecule has 0 radical (unpaired) electrons. The Bertz CT molecular complexity index is 475. The van der Waals surface area contributed by atoms with E-state index in [4.69, 9.17) is 10.5 Å². The molecule has 2 N–H and O–H groups in total. The standard InChI is InChI=1S/C11H13F3N2O3/c1-3-18-10(17)9-6(2)8(19-11(12,13)14)4-7(5-15)16-9/h4H,3,5,15H2,1-2H3. The van der Waals surface area contributed by atoms with E-state index in [1.54, 1.807) is 6.92 Å². The maximum absolute atomic E-state index is 12.2. The average Bonchev–Trinajstić information content (AvgIpc) is 2.30. The first-order valence-electron chi connectivity index (χ1n) is 5.42. The zero-order valence-electron chi connectivity index (χ0n) is 10.4. The number of pyridine rings is 1. The molecular weight excluding hydrogens is 265 g/mol. The van der Waals surface area contributed by atoms with Crippen molar-refractivity contribution in [3.8, 4) is 5.75 Å². The Morgan fingerprint density at radius 3 is 2.58 bits per heavy atom. The van der Waals surface area contributed by atoms with Crippen molar-refractivity contribution in [3.63, 3.8) is 0 Å². The molecule has 0 aliphatic heterocycles. The van der Waals surface area contributed by atoms with Gasteiger partial charge in [0.25, 0.3) is 0 Å². The largest absolute Gasteiger partial charge is 0.573 e. The molecule has 0 spiro atoms. The molecule has 0 aliphatic carbocycles. The zero-order chi connectivity index (χ0) is 14.6. The van der Waals surface area contributed by atoms with E-state index in [2.05, 4.69) is 9.72 Å². The molecule has 106 valence electrons. The topological polar surface area (TPSA) is 74.4 Å². The highest BCUT2D eigenvalue weighted by Gasteiger charge is 2.33. The van der Waals surface area contributed by atoms with Gasteiger partial charge in [0.1, 0.15) is 5.75 Å². The number of nitrogens with zero attached hydrogens (tertiary/aromatic N) is 1. The van der Waals surface area contributed by atoms with Crippen LogP contribution < -0.4 is 10.5 Å². The molecule has 8 heteroatoms. The molecule has 0 unspecified atom stereocenters. The Morgan fingerprint density at radius 2 is 2.11 bits per heavy atom. The zero-order valence-corrected chi connectivity index (χ0v) is 10.4. The highest BCUT2D eigenvalue weighted by molar-refractivity contribution is 5.89. The first-order valence-corrected chi connectivity index (χ1v) is 5.42. The number of hydrogen-bond acceptors (Lipinski definition) is 5. The van der Waals surface area contributed by atoms with Crippen molar-refractivity contribution in [2.75, 3.05) is 6.61 Å². The van der Waals surface area contributed by atoms with Gasteiger partial charge in [0.15, 0.2) is 5.69 Å². The Balaban J connectivity index is 3.24. The molecule has 0 saturated heterocycles. The summed E-state index contributed by atoms with van der Waals surface area (Å²) in [5, 5.41) is 0. The van der Waals surface area contributed by atoms with Crippen molar-refractivity contribution in [3.05, 3.63) is 23.0 Å². The lowest BCUT2D eigenvalue weighted by atomic mass is 10.1. The average molecular weight is 278 g/mol. The predicted molar refractivity (Wildman–Crippen MR) is 59.5 cm³/mol. The molecule has 0 fully saturated rings. The molecule has 0 bridgehead atoms. The number of carbonyl (C=O) groups is 1. The van der Waals surface area contributed by atoms with Gasteiger partial charge in [-0.15, -0.1) is 13.2 Å². The van der Waals surface area contributed by atoms with Gasteiger partial charge < -0.3 is 15.2 Å². The van der Waals surface area contributed by atoms with Gasteiger partial charge in [-0.3, -0.25) is 0 Å². The first-order chi connectivity index (χ1) is 8.78. The van der Waals surface area contributed by atoms with Gasteiger partial charge in [0.05, 0.1) is 12.3 Å². The smallest absolute Gasteiger partial charge is 0.461 e. The Morgan fingerprint density at radius 1 is 1.47 bits per heavy atom. The van der Waals surface area contributed by atoms with E-state index in [1.165, 1.54) is 6.92 Å². The predicted octanol–water partition coefficient (Wildman–Crippen LogP) is 1.92. The van der Waals surface area contributed by atoms with Crippen LogP contribution in [-0.4, -0.2) is 23.9 Å².